The van der Waals surface area contributed by atoms with Crippen LogP contribution in [0.1, 0.15) is 12.5 Å². The van der Waals surface area contributed by atoms with E-state index >= 15 is 0 Å². The largest absolute Gasteiger partial charge is 0.497 e. The maximum absolute atomic E-state index is 11.9. The molecule has 0 saturated heterocycles. The van der Waals surface area contributed by atoms with Crippen LogP contribution in [0.25, 0.3) is 0 Å². The van der Waals surface area contributed by atoms with Gasteiger partial charge >= 0.3 is 0 Å². The van der Waals surface area contributed by atoms with Crippen LogP contribution in [0.2, 0.25) is 0 Å². The Hall–Kier alpha value is -2.49. The van der Waals surface area contributed by atoms with Crippen LogP contribution in [0.15, 0.2) is 48.5 Å². The van der Waals surface area contributed by atoms with Gasteiger partial charge in [-0.05, 0) is 36.2 Å². The molecule has 21 heavy (non-hydrogen) atoms. The minimum atomic E-state index is -0.0946. The quantitative estimate of drug-likeness (QED) is 0.855. The van der Waals surface area contributed by atoms with Crippen LogP contribution in [0, 0.1) is 0 Å². The molecule has 0 radical (unpaired) electrons. The molecule has 2 rings (SSSR count). The van der Waals surface area contributed by atoms with Gasteiger partial charge in [-0.3, -0.25) is 4.79 Å². The van der Waals surface area contributed by atoms with Gasteiger partial charge in [-0.2, -0.15) is 0 Å². The lowest BCUT2D eigenvalue weighted by Gasteiger charge is -2.09. The highest BCUT2D eigenvalue weighted by molar-refractivity contribution is 5.93. The summed E-state index contributed by atoms with van der Waals surface area (Å²) in [4.78, 5) is 11.9. The average molecular weight is 284 g/mol. The van der Waals surface area contributed by atoms with Gasteiger partial charge in [0.15, 0.2) is 0 Å². The normalized spacial score (nSPS) is 10.0. The molecular weight excluding hydrogens is 264 g/mol. The molecule has 0 bridgehead atoms. The second-order valence-electron chi connectivity index (χ2n) is 4.68. The minimum Gasteiger partial charge on any atom is -0.497 e. The third kappa shape index (κ3) is 4.53. The Morgan fingerprint density at radius 1 is 1.10 bits per heavy atom. The Morgan fingerprint density at radius 3 is 2.52 bits per heavy atom. The number of rotatable bonds is 6. The molecule has 0 aliphatic carbocycles. The van der Waals surface area contributed by atoms with Crippen molar-refractivity contribution in [2.24, 2.45) is 0 Å². The number of carbonyl (C=O) groups excluding carboxylic acids is 1. The molecule has 0 fully saturated rings. The zero-order chi connectivity index (χ0) is 15.1. The molecule has 0 saturated carbocycles. The Labute approximate surface area is 125 Å². The van der Waals surface area contributed by atoms with Crippen molar-refractivity contribution in [3.05, 3.63) is 54.1 Å². The maximum Gasteiger partial charge on any atom is 0.243 e. The molecule has 1 amide bonds. The topological polar surface area (TPSA) is 50.4 Å². The Balaban J connectivity index is 1.86. The molecule has 2 N–H and O–H groups in total. The molecular formula is C17H20N2O2. The molecule has 0 aromatic heterocycles. The van der Waals surface area contributed by atoms with E-state index in [0.717, 1.165) is 23.5 Å². The van der Waals surface area contributed by atoms with Gasteiger partial charge in [0, 0.05) is 17.4 Å². The number of hydrogen-bond acceptors (Lipinski definition) is 3. The second-order valence-corrected chi connectivity index (χ2v) is 4.68. The van der Waals surface area contributed by atoms with Crippen molar-refractivity contribution in [2.45, 2.75) is 13.3 Å². The summed E-state index contributed by atoms with van der Waals surface area (Å²) in [6.07, 6.45) is 1.01. The number of anilines is 2. The fourth-order valence-electron chi connectivity index (χ4n) is 1.95. The molecule has 0 heterocycles. The number of benzene rings is 2. The van der Waals surface area contributed by atoms with Gasteiger partial charge in [0.25, 0.3) is 0 Å². The molecule has 0 atom stereocenters. The van der Waals surface area contributed by atoms with Crippen LogP contribution < -0.4 is 15.4 Å². The zero-order valence-corrected chi connectivity index (χ0v) is 12.3. The predicted octanol–water partition coefficient (Wildman–Crippen LogP) is 3.31. The smallest absolute Gasteiger partial charge is 0.243 e. The van der Waals surface area contributed by atoms with Crippen molar-refractivity contribution in [1.29, 1.82) is 0 Å². The second kappa shape index (κ2) is 7.33. The molecule has 110 valence electrons. The first-order valence-electron chi connectivity index (χ1n) is 6.98. The first-order chi connectivity index (χ1) is 10.2. The standard InChI is InChI=1S/C17H20N2O2/c1-3-13-7-9-14(10-8-13)18-12-17(20)19-15-5-4-6-16(11-15)21-2/h4-11,18H,3,12H2,1-2H3,(H,19,20). The van der Waals surface area contributed by atoms with Crippen LogP contribution in [-0.2, 0) is 11.2 Å². The SMILES string of the molecule is CCc1ccc(NCC(=O)Nc2cccc(OC)c2)cc1. The summed E-state index contributed by atoms with van der Waals surface area (Å²) in [6.45, 7) is 2.34. The highest BCUT2D eigenvalue weighted by Gasteiger charge is 2.03. The van der Waals surface area contributed by atoms with Gasteiger partial charge in [0.05, 0.1) is 13.7 Å². The van der Waals surface area contributed by atoms with Gasteiger partial charge in [-0.25, -0.2) is 0 Å². The summed E-state index contributed by atoms with van der Waals surface area (Å²) in [5.41, 5.74) is 2.94. The fraction of sp³-hybridized carbons (Fsp3) is 0.235. The lowest BCUT2D eigenvalue weighted by atomic mass is 10.1. The van der Waals surface area contributed by atoms with E-state index < -0.39 is 0 Å². The summed E-state index contributed by atoms with van der Waals surface area (Å²) in [5, 5.41) is 5.93. The molecule has 0 aliphatic heterocycles. The maximum atomic E-state index is 11.9. The van der Waals surface area contributed by atoms with Crippen molar-refractivity contribution in [1.82, 2.24) is 0 Å². The lowest BCUT2D eigenvalue weighted by molar-refractivity contribution is -0.114. The zero-order valence-electron chi connectivity index (χ0n) is 12.3. The van der Waals surface area contributed by atoms with E-state index in [-0.39, 0.29) is 12.5 Å². The Kier molecular flexibility index (Phi) is 5.21. The molecule has 2 aromatic rings. The third-order valence-corrected chi connectivity index (χ3v) is 3.17. The van der Waals surface area contributed by atoms with Gasteiger partial charge in [0.2, 0.25) is 5.91 Å². The van der Waals surface area contributed by atoms with Crippen molar-refractivity contribution >= 4 is 17.3 Å². The van der Waals surface area contributed by atoms with E-state index in [0.29, 0.717) is 0 Å². The Bertz CT molecular complexity index is 594. The van der Waals surface area contributed by atoms with Crippen molar-refractivity contribution in [3.8, 4) is 5.75 Å². The minimum absolute atomic E-state index is 0.0946. The molecule has 4 nitrogen and oxygen atoms in total. The summed E-state index contributed by atoms with van der Waals surface area (Å²) in [6, 6.07) is 15.4. The van der Waals surface area contributed by atoms with Crippen LogP contribution in [0.5, 0.6) is 5.75 Å². The summed E-state index contributed by atoms with van der Waals surface area (Å²) in [5.74, 6) is 0.624. The number of ether oxygens (including phenoxy) is 1. The molecule has 4 heteroatoms. The van der Waals surface area contributed by atoms with E-state index in [1.54, 1.807) is 13.2 Å². The summed E-state index contributed by atoms with van der Waals surface area (Å²) < 4.78 is 5.12. The molecule has 0 aliphatic rings. The van der Waals surface area contributed by atoms with Crippen molar-refractivity contribution in [3.63, 3.8) is 0 Å². The highest BCUT2D eigenvalue weighted by Crippen LogP contribution is 2.16. The first kappa shape index (κ1) is 14.9. The van der Waals surface area contributed by atoms with Gasteiger partial charge < -0.3 is 15.4 Å². The van der Waals surface area contributed by atoms with E-state index in [1.165, 1.54) is 5.56 Å². The fourth-order valence-corrected chi connectivity index (χ4v) is 1.95. The van der Waals surface area contributed by atoms with Crippen LogP contribution in [0.3, 0.4) is 0 Å². The number of aryl methyl sites for hydroxylation is 1. The number of nitrogens with one attached hydrogen (secondary N) is 2. The molecule has 0 spiro atoms. The lowest BCUT2D eigenvalue weighted by Crippen LogP contribution is -2.21. The van der Waals surface area contributed by atoms with Gasteiger partial charge in [0.1, 0.15) is 5.75 Å². The monoisotopic (exact) mass is 284 g/mol. The summed E-state index contributed by atoms with van der Waals surface area (Å²) in [7, 11) is 1.60. The van der Waals surface area contributed by atoms with Crippen molar-refractivity contribution < 1.29 is 9.53 Å². The van der Waals surface area contributed by atoms with Crippen LogP contribution >= 0.6 is 0 Å². The van der Waals surface area contributed by atoms with Crippen LogP contribution in [-0.4, -0.2) is 19.6 Å². The third-order valence-electron chi connectivity index (χ3n) is 3.17. The Morgan fingerprint density at radius 2 is 1.86 bits per heavy atom. The number of carbonyl (C=O) groups is 1. The molecule has 2 aromatic carbocycles. The van der Waals surface area contributed by atoms with E-state index in [9.17, 15) is 4.79 Å². The number of amides is 1. The van der Waals surface area contributed by atoms with Gasteiger partial charge in [-0.15, -0.1) is 0 Å². The highest BCUT2D eigenvalue weighted by atomic mass is 16.5. The van der Waals surface area contributed by atoms with E-state index in [2.05, 4.69) is 29.7 Å². The molecule has 0 unspecified atom stereocenters. The summed E-state index contributed by atoms with van der Waals surface area (Å²) >= 11 is 0. The number of hydrogen-bond donors (Lipinski definition) is 2. The van der Waals surface area contributed by atoms with Crippen molar-refractivity contribution in [2.75, 3.05) is 24.3 Å². The average Bonchev–Trinajstić information content (AvgIpc) is 2.53. The first-order valence-corrected chi connectivity index (χ1v) is 6.98. The number of methoxy groups -OCH3 is 1. The van der Waals surface area contributed by atoms with Crippen LogP contribution in [0.4, 0.5) is 11.4 Å². The van der Waals surface area contributed by atoms with E-state index in [4.69, 9.17) is 4.74 Å². The van der Waals surface area contributed by atoms with E-state index in [1.807, 2.05) is 30.3 Å². The van der Waals surface area contributed by atoms with Gasteiger partial charge in [-0.1, -0.05) is 25.1 Å². The predicted molar refractivity (Wildman–Crippen MR) is 85.9 cm³/mol.